The fourth-order valence-corrected chi connectivity index (χ4v) is 3.26. The summed E-state index contributed by atoms with van der Waals surface area (Å²) in [5.41, 5.74) is 0.433. The molecule has 0 saturated carbocycles. The second-order valence-corrected chi connectivity index (χ2v) is 8.51. The van der Waals surface area contributed by atoms with E-state index in [1.54, 1.807) is 0 Å². The molecule has 8 nitrogen and oxygen atoms in total. The van der Waals surface area contributed by atoms with E-state index >= 15 is 0 Å². The highest BCUT2D eigenvalue weighted by molar-refractivity contribution is 7.87. The first kappa shape index (κ1) is 22.7. The van der Waals surface area contributed by atoms with Crippen LogP contribution in [0.4, 0.5) is 13.2 Å². The molecule has 1 N–H and O–H groups in total. The van der Waals surface area contributed by atoms with Gasteiger partial charge in [-0.25, -0.2) is 4.79 Å². The number of rotatable bonds is 7. The van der Waals surface area contributed by atoms with Crippen molar-refractivity contribution in [2.75, 3.05) is 14.1 Å². The first-order valence-corrected chi connectivity index (χ1v) is 9.71. The Morgan fingerprint density at radius 3 is 2.45 bits per heavy atom. The molecule has 0 aliphatic heterocycles. The maximum Gasteiger partial charge on any atom is 0.393 e. The van der Waals surface area contributed by atoms with E-state index in [2.05, 4.69) is 5.10 Å². The lowest BCUT2D eigenvalue weighted by Gasteiger charge is -2.16. The molecule has 0 unspecified atom stereocenters. The van der Waals surface area contributed by atoms with Gasteiger partial charge in [0.2, 0.25) is 0 Å². The summed E-state index contributed by atoms with van der Waals surface area (Å²) in [7, 11) is -1.34. The van der Waals surface area contributed by atoms with Crippen LogP contribution in [0, 0.1) is 6.92 Å². The minimum absolute atomic E-state index is 0.00396. The predicted molar refractivity (Wildman–Crippen MR) is 97.9 cm³/mol. The van der Waals surface area contributed by atoms with Crippen LogP contribution in [0.15, 0.2) is 24.4 Å². The SMILES string of the molecule is Cc1nn(S(=O)(=O)N(C)C)cc1-c1cc(CC(F)(F)F)ccc1O[C@@H](C)C(=O)O. The van der Waals surface area contributed by atoms with Crippen LogP contribution >= 0.6 is 0 Å². The summed E-state index contributed by atoms with van der Waals surface area (Å²) in [6.07, 6.45) is -5.79. The third kappa shape index (κ3) is 5.26. The van der Waals surface area contributed by atoms with Gasteiger partial charge < -0.3 is 9.84 Å². The van der Waals surface area contributed by atoms with Crippen LogP contribution in [-0.2, 0) is 21.4 Å². The quantitative estimate of drug-likeness (QED) is 0.717. The van der Waals surface area contributed by atoms with E-state index < -0.39 is 34.9 Å². The lowest BCUT2D eigenvalue weighted by molar-refractivity contribution is -0.144. The van der Waals surface area contributed by atoms with Crippen LogP contribution in [0.3, 0.4) is 0 Å². The highest BCUT2D eigenvalue weighted by atomic mass is 32.2. The van der Waals surface area contributed by atoms with Crippen molar-refractivity contribution in [2.24, 2.45) is 0 Å². The molecule has 0 radical (unpaired) electrons. The Bertz CT molecular complexity index is 1020. The minimum atomic E-state index is -4.46. The fourth-order valence-electron chi connectivity index (χ4n) is 2.46. The Morgan fingerprint density at radius 1 is 1.31 bits per heavy atom. The molecule has 0 saturated heterocycles. The standard InChI is InChI=1S/C17H20F3N3O5S/c1-10-14(9-23(21-10)29(26,27)22(3)4)13-7-12(8-17(18,19)20)5-6-15(13)28-11(2)16(24)25/h5-7,9,11H,8H2,1-4H3,(H,24,25)/t11-/m0/s1. The van der Waals surface area contributed by atoms with Crippen LogP contribution in [0.2, 0.25) is 0 Å². The van der Waals surface area contributed by atoms with Crippen molar-refractivity contribution in [1.82, 2.24) is 13.5 Å². The topological polar surface area (TPSA) is 102 Å². The monoisotopic (exact) mass is 435 g/mol. The lowest BCUT2D eigenvalue weighted by atomic mass is 10.0. The second-order valence-electron chi connectivity index (χ2n) is 6.51. The molecule has 12 heteroatoms. The summed E-state index contributed by atoms with van der Waals surface area (Å²) >= 11 is 0. The van der Waals surface area contributed by atoms with E-state index in [0.717, 1.165) is 10.5 Å². The number of aryl methyl sites for hydroxylation is 1. The first-order valence-electron chi connectivity index (χ1n) is 8.31. The molecule has 0 bridgehead atoms. The van der Waals surface area contributed by atoms with Gasteiger partial charge in [-0.3, -0.25) is 0 Å². The van der Waals surface area contributed by atoms with Gasteiger partial charge in [0, 0.05) is 25.2 Å². The zero-order chi connectivity index (χ0) is 22.1. The molecule has 0 aliphatic rings. The number of alkyl halides is 3. The number of hydrogen-bond acceptors (Lipinski definition) is 5. The smallest absolute Gasteiger partial charge is 0.393 e. The Hall–Kier alpha value is -2.60. The van der Waals surface area contributed by atoms with E-state index in [1.165, 1.54) is 46.1 Å². The van der Waals surface area contributed by atoms with Crippen LogP contribution in [0.1, 0.15) is 18.2 Å². The van der Waals surface area contributed by atoms with E-state index in [0.29, 0.717) is 4.09 Å². The Balaban J connectivity index is 2.63. The summed E-state index contributed by atoms with van der Waals surface area (Å²) in [4.78, 5) is 11.1. The van der Waals surface area contributed by atoms with Crippen molar-refractivity contribution in [2.45, 2.75) is 32.5 Å². The molecule has 1 atom stereocenters. The Morgan fingerprint density at radius 2 is 1.93 bits per heavy atom. The molecule has 29 heavy (non-hydrogen) atoms. The van der Waals surface area contributed by atoms with Gasteiger partial charge >= 0.3 is 22.4 Å². The average Bonchev–Trinajstić information content (AvgIpc) is 2.97. The van der Waals surface area contributed by atoms with E-state index in [4.69, 9.17) is 9.84 Å². The van der Waals surface area contributed by atoms with Crippen LogP contribution in [-0.4, -0.2) is 59.4 Å². The largest absolute Gasteiger partial charge is 0.479 e. The van der Waals surface area contributed by atoms with Gasteiger partial charge in [0.15, 0.2) is 6.10 Å². The van der Waals surface area contributed by atoms with Crippen LogP contribution < -0.4 is 4.74 Å². The molecule has 2 rings (SSSR count). The normalized spacial score (nSPS) is 13.5. The number of aliphatic carboxylic acids is 1. The first-order chi connectivity index (χ1) is 13.2. The molecule has 1 aromatic carbocycles. The molecule has 0 spiro atoms. The number of benzene rings is 1. The van der Waals surface area contributed by atoms with Gasteiger partial charge in [0.25, 0.3) is 0 Å². The predicted octanol–water partition coefficient (Wildman–Crippen LogP) is 2.47. The van der Waals surface area contributed by atoms with Gasteiger partial charge in [0.05, 0.1) is 18.3 Å². The molecule has 0 fully saturated rings. The lowest BCUT2D eigenvalue weighted by Crippen LogP contribution is -2.29. The Kier molecular flexibility index (Phi) is 6.28. The number of aromatic nitrogens is 2. The average molecular weight is 435 g/mol. The van der Waals surface area contributed by atoms with Gasteiger partial charge in [-0.15, -0.1) is 0 Å². The number of halogens is 3. The molecule has 160 valence electrons. The number of carboxylic acids is 1. The number of hydrogen-bond donors (Lipinski definition) is 1. The third-order valence-electron chi connectivity index (χ3n) is 3.97. The Labute approximate surface area is 165 Å². The molecule has 0 amide bonds. The second kappa shape index (κ2) is 8.03. The summed E-state index contributed by atoms with van der Waals surface area (Å²) in [6, 6.07) is 3.60. The number of ether oxygens (including phenoxy) is 1. The number of nitrogens with zero attached hydrogens (tertiary/aromatic N) is 3. The maximum atomic E-state index is 12.8. The van der Waals surface area contributed by atoms with Gasteiger partial charge in [-0.2, -0.15) is 35.1 Å². The minimum Gasteiger partial charge on any atom is -0.479 e. The highest BCUT2D eigenvalue weighted by Gasteiger charge is 2.29. The maximum absolute atomic E-state index is 12.8. The summed E-state index contributed by atoms with van der Waals surface area (Å²) in [5, 5.41) is 13.0. The van der Waals surface area contributed by atoms with E-state index in [1.807, 2.05) is 0 Å². The van der Waals surface area contributed by atoms with E-state index in [-0.39, 0.29) is 28.1 Å². The number of carboxylic acid groups (broad SMARTS) is 1. The van der Waals surface area contributed by atoms with E-state index in [9.17, 15) is 26.4 Å². The van der Waals surface area contributed by atoms with Crippen molar-refractivity contribution in [3.8, 4) is 16.9 Å². The molecule has 1 heterocycles. The van der Waals surface area contributed by atoms with Crippen LogP contribution in [0.5, 0.6) is 5.75 Å². The molecule has 2 aromatic rings. The van der Waals surface area contributed by atoms with Gasteiger partial charge in [0.1, 0.15) is 5.75 Å². The molecular weight excluding hydrogens is 415 g/mol. The zero-order valence-electron chi connectivity index (χ0n) is 16.1. The fraction of sp³-hybridized carbons (Fsp3) is 0.412. The zero-order valence-corrected chi connectivity index (χ0v) is 16.9. The highest BCUT2D eigenvalue weighted by Crippen LogP contribution is 2.35. The van der Waals surface area contributed by atoms with Crippen molar-refractivity contribution in [3.63, 3.8) is 0 Å². The summed E-state index contributed by atoms with van der Waals surface area (Å²) < 4.78 is 70.0. The van der Waals surface area contributed by atoms with Gasteiger partial charge in [-0.05, 0) is 31.5 Å². The molecule has 1 aromatic heterocycles. The van der Waals surface area contributed by atoms with Gasteiger partial charge in [-0.1, -0.05) is 6.07 Å². The summed E-state index contributed by atoms with van der Waals surface area (Å²) in [6.45, 7) is 2.75. The van der Waals surface area contributed by atoms with Crippen molar-refractivity contribution in [3.05, 3.63) is 35.7 Å². The number of carbonyl (C=O) groups is 1. The van der Waals surface area contributed by atoms with Crippen LogP contribution in [0.25, 0.3) is 11.1 Å². The molecular formula is C17H20F3N3O5S. The summed E-state index contributed by atoms with van der Waals surface area (Å²) in [5.74, 6) is -1.27. The third-order valence-corrected chi connectivity index (χ3v) is 5.55. The van der Waals surface area contributed by atoms with Crippen molar-refractivity contribution >= 4 is 16.2 Å². The van der Waals surface area contributed by atoms with Crippen molar-refractivity contribution < 1.29 is 36.2 Å². The molecule has 0 aliphatic carbocycles. The van der Waals surface area contributed by atoms with Crippen molar-refractivity contribution in [1.29, 1.82) is 0 Å².